The SMILES string of the molecule is CC(O)CC(C)NC1CCCCC1C. The standard InChI is InChI=1S/C12H25NO/c1-9-6-4-5-7-12(9)13-10(2)8-11(3)14/h9-14H,4-8H2,1-3H3. The molecule has 1 aliphatic rings. The fourth-order valence-electron chi connectivity index (χ4n) is 2.51. The highest BCUT2D eigenvalue weighted by Crippen LogP contribution is 2.24. The summed E-state index contributed by atoms with van der Waals surface area (Å²) in [7, 11) is 0. The highest BCUT2D eigenvalue weighted by Gasteiger charge is 2.22. The number of hydrogen-bond acceptors (Lipinski definition) is 2. The average molecular weight is 199 g/mol. The van der Waals surface area contributed by atoms with Crippen molar-refractivity contribution in [1.29, 1.82) is 0 Å². The summed E-state index contributed by atoms with van der Waals surface area (Å²) in [4.78, 5) is 0. The van der Waals surface area contributed by atoms with Gasteiger partial charge in [0.2, 0.25) is 0 Å². The van der Waals surface area contributed by atoms with E-state index in [2.05, 4.69) is 19.2 Å². The summed E-state index contributed by atoms with van der Waals surface area (Å²) in [5, 5.41) is 12.9. The van der Waals surface area contributed by atoms with Gasteiger partial charge in [-0.3, -0.25) is 0 Å². The van der Waals surface area contributed by atoms with Crippen LogP contribution in [0.25, 0.3) is 0 Å². The summed E-state index contributed by atoms with van der Waals surface area (Å²) in [6.45, 7) is 6.38. The molecular weight excluding hydrogens is 174 g/mol. The van der Waals surface area contributed by atoms with E-state index >= 15 is 0 Å². The Labute approximate surface area is 88.1 Å². The third kappa shape index (κ3) is 3.97. The van der Waals surface area contributed by atoms with E-state index in [9.17, 15) is 5.11 Å². The highest BCUT2D eigenvalue weighted by molar-refractivity contribution is 4.80. The van der Waals surface area contributed by atoms with Crippen LogP contribution >= 0.6 is 0 Å². The van der Waals surface area contributed by atoms with Crippen LogP contribution in [0.4, 0.5) is 0 Å². The van der Waals surface area contributed by atoms with E-state index in [0.29, 0.717) is 12.1 Å². The fraction of sp³-hybridized carbons (Fsp3) is 1.00. The minimum Gasteiger partial charge on any atom is -0.393 e. The maximum Gasteiger partial charge on any atom is 0.0526 e. The number of aliphatic hydroxyl groups is 1. The number of hydrogen-bond donors (Lipinski definition) is 2. The minimum atomic E-state index is -0.184. The van der Waals surface area contributed by atoms with Crippen molar-refractivity contribution < 1.29 is 5.11 Å². The van der Waals surface area contributed by atoms with Crippen LogP contribution in [-0.4, -0.2) is 23.3 Å². The van der Waals surface area contributed by atoms with Crippen molar-refractivity contribution in [3.05, 3.63) is 0 Å². The zero-order valence-corrected chi connectivity index (χ0v) is 9.79. The predicted molar refractivity (Wildman–Crippen MR) is 60.3 cm³/mol. The zero-order valence-electron chi connectivity index (χ0n) is 9.79. The molecule has 0 aromatic rings. The lowest BCUT2D eigenvalue weighted by Crippen LogP contribution is -2.43. The van der Waals surface area contributed by atoms with Crippen LogP contribution < -0.4 is 5.32 Å². The van der Waals surface area contributed by atoms with Gasteiger partial charge in [-0.2, -0.15) is 0 Å². The number of rotatable bonds is 4. The van der Waals surface area contributed by atoms with Gasteiger partial charge in [0.05, 0.1) is 6.10 Å². The molecule has 0 aliphatic heterocycles. The van der Waals surface area contributed by atoms with Crippen molar-refractivity contribution in [2.24, 2.45) is 5.92 Å². The lowest BCUT2D eigenvalue weighted by molar-refractivity contribution is 0.159. The third-order valence-electron chi connectivity index (χ3n) is 3.30. The van der Waals surface area contributed by atoms with E-state index in [4.69, 9.17) is 0 Å². The molecule has 4 unspecified atom stereocenters. The monoisotopic (exact) mass is 199 g/mol. The Morgan fingerprint density at radius 2 is 1.93 bits per heavy atom. The Morgan fingerprint density at radius 3 is 2.50 bits per heavy atom. The van der Waals surface area contributed by atoms with Gasteiger partial charge in [-0.05, 0) is 39.0 Å². The van der Waals surface area contributed by atoms with Gasteiger partial charge >= 0.3 is 0 Å². The molecule has 0 amide bonds. The van der Waals surface area contributed by atoms with Gasteiger partial charge in [0, 0.05) is 12.1 Å². The molecular formula is C12H25NO. The molecule has 0 aromatic heterocycles. The molecule has 1 aliphatic carbocycles. The average Bonchev–Trinajstić information content (AvgIpc) is 2.07. The van der Waals surface area contributed by atoms with Crippen molar-refractivity contribution in [2.45, 2.75) is 71.1 Å². The van der Waals surface area contributed by atoms with Gasteiger partial charge in [0.15, 0.2) is 0 Å². The van der Waals surface area contributed by atoms with Crippen LogP contribution in [0.1, 0.15) is 52.9 Å². The summed E-state index contributed by atoms with van der Waals surface area (Å²) in [6, 6.07) is 1.12. The lowest BCUT2D eigenvalue weighted by Gasteiger charge is -2.32. The smallest absolute Gasteiger partial charge is 0.0526 e. The van der Waals surface area contributed by atoms with Crippen molar-refractivity contribution >= 4 is 0 Å². The largest absolute Gasteiger partial charge is 0.393 e. The molecule has 0 aromatic carbocycles. The van der Waals surface area contributed by atoms with E-state index < -0.39 is 0 Å². The molecule has 2 nitrogen and oxygen atoms in total. The fourth-order valence-corrected chi connectivity index (χ4v) is 2.51. The molecule has 4 atom stereocenters. The van der Waals surface area contributed by atoms with E-state index in [1.54, 1.807) is 0 Å². The molecule has 1 saturated carbocycles. The molecule has 1 rings (SSSR count). The van der Waals surface area contributed by atoms with Crippen LogP contribution in [0.3, 0.4) is 0 Å². The first-order chi connectivity index (χ1) is 6.59. The van der Waals surface area contributed by atoms with E-state index in [1.165, 1.54) is 25.7 Å². The molecule has 0 saturated heterocycles. The quantitative estimate of drug-likeness (QED) is 0.728. The van der Waals surface area contributed by atoms with Gasteiger partial charge in [-0.25, -0.2) is 0 Å². The topological polar surface area (TPSA) is 32.3 Å². The first-order valence-electron chi connectivity index (χ1n) is 6.03. The Hall–Kier alpha value is -0.0800. The number of nitrogens with one attached hydrogen (secondary N) is 1. The van der Waals surface area contributed by atoms with Gasteiger partial charge in [-0.1, -0.05) is 19.8 Å². The molecule has 0 heterocycles. The van der Waals surface area contributed by atoms with Gasteiger partial charge in [0.25, 0.3) is 0 Å². The molecule has 1 fully saturated rings. The van der Waals surface area contributed by atoms with Crippen LogP contribution in [0.15, 0.2) is 0 Å². The maximum absolute atomic E-state index is 9.28. The highest BCUT2D eigenvalue weighted by atomic mass is 16.3. The molecule has 2 heteroatoms. The summed E-state index contributed by atoms with van der Waals surface area (Å²) < 4.78 is 0. The Morgan fingerprint density at radius 1 is 1.29 bits per heavy atom. The Bertz CT molecular complexity index is 158. The second kappa shape index (κ2) is 5.72. The normalized spacial score (nSPS) is 32.6. The van der Waals surface area contributed by atoms with E-state index in [-0.39, 0.29) is 6.10 Å². The van der Waals surface area contributed by atoms with Crippen LogP contribution in [0.5, 0.6) is 0 Å². The van der Waals surface area contributed by atoms with Crippen molar-refractivity contribution in [2.75, 3.05) is 0 Å². The molecule has 0 bridgehead atoms. The Balaban J connectivity index is 2.27. The van der Waals surface area contributed by atoms with Crippen molar-refractivity contribution in [3.8, 4) is 0 Å². The second-order valence-corrected chi connectivity index (χ2v) is 5.02. The van der Waals surface area contributed by atoms with Crippen LogP contribution in [0, 0.1) is 5.92 Å². The maximum atomic E-state index is 9.28. The predicted octanol–water partition coefficient (Wildman–Crippen LogP) is 2.31. The summed E-state index contributed by atoms with van der Waals surface area (Å²) in [6.07, 6.45) is 6.11. The first kappa shape index (κ1) is 12.0. The minimum absolute atomic E-state index is 0.184. The van der Waals surface area contributed by atoms with Crippen molar-refractivity contribution in [1.82, 2.24) is 5.32 Å². The Kier molecular flexibility index (Phi) is 4.90. The summed E-state index contributed by atoms with van der Waals surface area (Å²) >= 11 is 0. The molecule has 84 valence electrons. The van der Waals surface area contributed by atoms with E-state index in [1.807, 2.05) is 6.92 Å². The molecule has 2 N–H and O–H groups in total. The van der Waals surface area contributed by atoms with Crippen molar-refractivity contribution in [3.63, 3.8) is 0 Å². The number of aliphatic hydroxyl groups excluding tert-OH is 1. The second-order valence-electron chi connectivity index (χ2n) is 5.02. The van der Waals surface area contributed by atoms with E-state index in [0.717, 1.165) is 12.3 Å². The van der Waals surface area contributed by atoms with Crippen LogP contribution in [0.2, 0.25) is 0 Å². The van der Waals surface area contributed by atoms with Gasteiger partial charge in [0.1, 0.15) is 0 Å². The third-order valence-corrected chi connectivity index (χ3v) is 3.30. The first-order valence-corrected chi connectivity index (χ1v) is 6.03. The summed E-state index contributed by atoms with van der Waals surface area (Å²) in [5.74, 6) is 0.806. The molecule has 0 spiro atoms. The van der Waals surface area contributed by atoms with Crippen LogP contribution in [-0.2, 0) is 0 Å². The lowest BCUT2D eigenvalue weighted by atomic mass is 9.85. The van der Waals surface area contributed by atoms with Gasteiger partial charge in [-0.15, -0.1) is 0 Å². The summed E-state index contributed by atoms with van der Waals surface area (Å²) in [5.41, 5.74) is 0. The van der Waals surface area contributed by atoms with Gasteiger partial charge < -0.3 is 10.4 Å². The molecule has 0 radical (unpaired) electrons. The zero-order chi connectivity index (χ0) is 10.6. The molecule has 14 heavy (non-hydrogen) atoms.